The Balaban J connectivity index is 1.53. The summed E-state index contributed by atoms with van der Waals surface area (Å²) in [6.07, 6.45) is 8.52. The van der Waals surface area contributed by atoms with Gasteiger partial charge in [0.15, 0.2) is 5.78 Å². The van der Waals surface area contributed by atoms with Crippen molar-refractivity contribution in [2.24, 2.45) is 11.8 Å². The number of phenolic OH excluding ortho intramolecular Hbond substituents is 1. The van der Waals surface area contributed by atoms with Gasteiger partial charge in [-0.2, -0.15) is 0 Å². The number of esters is 1. The van der Waals surface area contributed by atoms with Crippen LogP contribution in [-0.4, -0.2) is 32.4 Å². The molecule has 0 bridgehead atoms. The summed E-state index contributed by atoms with van der Waals surface area (Å²) in [4.78, 5) is 33.5. The van der Waals surface area contributed by atoms with Gasteiger partial charge in [-0.15, -0.1) is 0 Å². The first-order valence-electron chi connectivity index (χ1n) is 11.5. The topological polar surface area (TPSA) is 92.3 Å². The lowest BCUT2D eigenvalue weighted by Crippen LogP contribution is -2.52. The molecule has 1 aliphatic carbocycles. The minimum Gasteiger partial charge on any atom is -0.508 e. The van der Waals surface area contributed by atoms with Crippen molar-refractivity contribution >= 4 is 11.8 Å². The van der Waals surface area contributed by atoms with Crippen molar-refractivity contribution < 1.29 is 19.4 Å². The van der Waals surface area contributed by atoms with Crippen molar-refractivity contribution in [3.05, 3.63) is 47.0 Å². The number of aromatic amines is 1. The molecule has 2 heterocycles. The van der Waals surface area contributed by atoms with Gasteiger partial charge in [-0.05, 0) is 62.1 Å². The maximum absolute atomic E-state index is 13.2. The van der Waals surface area contributed by atoms with E-state index in [0.717, 1.165) is 54.6 Å². The van der Waals surface area contributed by atoms with Crippen LogP contribution < -0.4 is 0 Å². The van der Waals surface area contributed by atoms with Crippen LogP contribution in [0.4, 0.5) is 0 Å². The van der Waals surface area contributed by atoms with Gasteiger partial charge >= 0.3 is 5.97 Å². The third kappa shape index (κ3) is 4.39. The van der Waals surface area contributed by atoms with E-state index < -0.39 is 17.5 Å². The third-order valence-electron chi connectivity index (χ3n) is 7.24. The first-order valence-corrected chi connectivity index (χ1v) is 11.5. The molecule has 2 N–H and O–H groups in total. The average molecular weight is 425 g/mol. The molecule has 2 atom stereocenters. The maximum atomic E-state index is 13.2. The number of benzene rings is 1. The van der Waals surface area contributed by atoms with E-state index in [2.05, 4.69) is 9.97 Å². The van der Waals surface area contributed by atoms with E-state index in [1.165, 1.54) is 0 Å². The Labute approximate surface area is 183 Å². The van der Waals surface area contributed by atoms with Crippen molar-refractivity contribution in [2.75, 3.05) is 0 Å². The molecule has 0 spiro atoms. The molecule has 1 aromatic carbocycles. The normalized spacial score (nSPS) is 24.5. The average Bonchev–Trinajstić information content (AvgIpc) is 3.42. The lowest BCUT2D eigenvalue weighted by atomic mass is 9.73. The van der Waals surface area contributed by atoms with Crippen molar-refractivity contribution in [3.8, 4) is 5.75 Å². The Hall–Kier alpha value is -2.63. The van der Waals surface area contributed by atoms with Crippen LogP contribution in [0, 0.1) is 18.8 Å². The number of hydrogen-bond donors (Lipinski definition) is 2. The lowest BCUT2D eigenvalue weighted by Gasteiger charge is -2.43. The molecule has 6 nitrogen and oxygen atoms in total. The highest BCUT2D eigenvalue weighted by Gasteiger charge is 2.51. The second kappa shape index (κ2) is 8.85. The van der Waals surface area contributed by atoms with E-state index in [-0.39, 0.29) is 18.1 Å². The first kappa shape index (κ1) is 21.6. The molecule has 166 valence electrons. The summed E-state index contributed by atoms with van der Waals surface area (Å²) in [5.41, 5.74) is 2.93. The largest absolute Gasteiger partial charge is 0.508 e. The number of aromatic hydroxyl groups is 1. The molecule has 31 heavy (non-hydrogen) atoms. The van der Waals surface area contributed by atoms with Gasteiger partial charge in [-0.1, -0.05) is 31.9 Å². The van der Waals surface area contributed by atoms with Crippen molar-refractivity contribution in [2.45, 2.75) is 77.2 Å². The number of cyclic esters (lactones) is 1. The number of Topliss-reactive ketones (excluding diaryl/α,β-unsaturated/α-hetero) is 1. The summed E-state index contributed by atoms with van der Waals surface area (Å²) >= 11 is 0. The summed E-state index contributed by atoms with van der Waals surface area (Å²) in [6.45, 7) is 3.91. The maximum Gasteiger partial charge on any atom is 0.317 e. The summed E-state index contributed by atoms with van der Waals surface area (Å²) in [5, 5.41) is 9.98. The van der Waals surface area contributed by atoms with Crippen molar-refractivity contribution in [1.29, 1.82) is 0 Å². The van der Waals surface area contributed by atoms with Crippen LogP contribution in [0.1, 0.15) is 68.0 Å². The lowest BCUT2D eigenvalue weighted by molar-refractivity contribution is -0.185. The fraction of sp³-hybridized carbons (Fsp3) is 0.560. The van der Waals surface area contributed by atoms with Crippen molar-refractivity contribution in [1.82, 2.24) is 9.97 Å². The van der Waals surface area contributed by atoms with Gasteiger partial charge < -0.3 is 14.8 Å². The first-order chi connectivity index (χ1) is 14.9. The fourth-order valence-electron chi connectivity index (χ4n) is 5.30. The molecule has 6 heteroatoms. The molecular formula is C25H32N2O4. The number of phenols is 1. The van der Waals surface area contributed by atoms with Gasteiger partial charge in [0, 0.05) is 18.5 Å². The second-order valence-corrected chi connectivity index (χ2v) is 9.16. The quantitative estimate of drug-likeness (QED) is 0.513. The zero-order valence-corrected chi connectivity index (χ0v) is 18.4. The number of carbonyl (C=O) groups is 2. The summed E-state index contributed by atoms with van der Waals surface area (Å²) in [7, 11) is 0. The SMILES string of the molecule is CCc1cc(CCC2(C3CCCC3)CC(=O)C(Cc3nc[nH]c3C)C(=O)O2)ccc1O. The van der Waals surface area contributed by atoms with Crippen molar-refractivity contribution in [3.63, 3.8) is 0 Å². The number of hydrogen-bond acceptors (Lipinski definition) is 5. The van der Waals surface area contributed by atoms with E-state index in [1.54, 1.807) is 12.4 Å². The predicted molar refractivity (Wildman–Crippen MR) is 117 cm³/mol. The molecule has 2 aromatic rings. The Kier molecular flexibility index (Phi) is 6.17. The molecule has 0 amide bonds. The third-order valence-corrected chi connectivity index (χ3v) is 7.24. The number of aromatic nitrogens is 2. The summed E-state index contributed by atoms with van der Waals surface area (Å²) < 4.78 is 6.18. The van der Waals surface area contributed by atoms with Crippen LogP contribution in [0.5, 0.6) is 5.75 Å². The van der Waals surface area contributed by atoms with Crippen LogP contribution in [0.15, 0.2) is 24.5 Å². The number of rotatable bonds is 7. The molecule has 2 unspecified atom stereocenters. The highest BCUT2D eigenvalue weighted by molar-refractivity contribution is 6.01. The molecule has 0 radical (unpaired) electrons. The number of nitrogens with zero attached hydrogens (tertiary/aromatic N) is 1. The molecule has 2 aliphatic rings. The molecule has 1 saturated carbocycles. The van der Waals surface area contributed by atoms with Gasteiger partial charge in [-0.25, -0.2) is 4.98 Å². The number of imidazole rings is 1. The minimum absolute atomic E-state index is 0.0227. The Morgan fingerprint density at radius 1 is 1.26 bits per heavy atom. The van der Waals surface area contributed by atoms with Gasteiger partial charge in [-0.3, -0.25) is 9.59 Å². The van der Waals surface area contributed by atoms with Crippen LogP contribution in [0.2, 0.25) is 0 Å². The van der Waals surface area contributed by atoms with Crippen LogP contribution >= 0.6 is 0 Å². The zero-order valence-electron chi connectivity index (χ0n) is 18.4. The summed E-state index contributed by atoms with van der Waals surface area (Å²) in [6, 6.07) is 5.68. The van der Waals surface area contributed by atoms with E-state index >= 15 is 0 Å². The highest BCUT2D eigenvalue weighted by Crippen LogP contribution is 2.45. The smallest absolute Gasteiger partial charge is 0.317 e. The monoisotopic (exact) mass is 424 g/mol. The van der Waals surface area contributed by atoms with Crippen LogP contribution in [0.3, 0.4) is 0 Å². The molecule has 1 aliphatic heterocycles. The second-order valence-electron chi connectivity index (χ2n) is 9.16. The fourth-order valence-corrected chi connectivity index (χ4v) is 5.30. The van der Waals surface area contributed by atoms with Crippen LogP contribution in [-0.2, 0) is 33.6 Å². The molecule has 1 saturated heterocycles. The van der Waals surface area contributed by atoms with E-state index in [0.29, 0.717) is 25.0 Å². The standard InChI is InChI=1S/C25H32N2O4/c1-3-18-12-17(8-9-22(18)28)10-11-25(19-6-4-5-7-19)14-23(29)20(24(30)31-25)13-21-16(2)26-15-27-21/h8-9,12,15,19-20,28H,3-7,10-11,13-14H2,1-2H3,(H,26,27). The number of aryl methyl sites for hydroxylation is 3. The number of ketones is 1. The number of carbonyl (C=O) groups excluding carboxylic acids is 2. The Bertz CT molecular complexity index is 940. The van der Waals surface area contributed by atoms with Gasteiger partial charge in [0.05, 0.1) is 12.0 Å². The zero-order chi connectivity index (χ0) is 22.0. The van der Waals surface area contributed by atoms with E-state index in [4.69, 9.17) is 4.74 Å². The van der Waals surface area contributed by atoms with Gasteiger partial charge in [0.25, 0.3) is 0 Å². The molecule has 1 aromatic heterocycles. The molecular weight excluding hydrogens is 392 g/mol. The molecule has 4 rings (SSSR count). The van der Waals surface area contributed by atoms with Crippen LogP contribution in [0.25, 0.3) is 0 Å². The number of H-pyrrole nitrogens is 1. The Morgan fingerprint density at radius 2 is 2.03 bits per heavy atom. The number of nitrogens with one attached hydrogen (secondary N) is 1. The molecule has 2 fully saturated rings. The van der Waals surface area contributed by atoms with Gasteiger partial charge in [0.1, 0.15) is 17.3 Å². The number of ether oxygens (including phenoxy) is 1. The Morgan fingerprint density at radius 3 is 2.68 bits per heavy atom. The minimum atomic E-state index is -0.767. The van der Waals surface area contributed by atoms with E-state index in [1.807, 2.05) is 26.0 Å². The predicted octanol–water partition coefficient (Wildman–Crippen LogP) is 4.22. The van der Waals surface area contributed by atoms with Gasteiger partial charge in [0.2, 0.25) is 0 Å². The van der Waals surface area contributed by atoms with E-state index in [9.17, 15) is 14.7 Å². The highest BCUT2D eigenvalue weighted by atomic mass is 16.6. The summed E-state index contributed by atoms with van der Waals surface area (Å²) in [5.74, 6) is -0.642.